The van der Waals surface area contributed by atoms with Gasteiger partial charge >= 0.3 is 0 Å². The van der Waals surface area contributed by atoms with Crippen LogP contribution >= 0.6 is 0 Å². The SMILES string of the molecule is COc1cc(NC(=O)c2c[nH]c(C)cc2=O)cc(OC)c1. The monoisotopic (exact) mass is 288 g/mol. The number of methoxy groups -OCH3 is 2. The van der Waals surface area contributed by atoms with Crippen LogP contribution in [0.3, 0.4) is 0 Å². The summed E-state index contributed by atoms with van der Waals surface area (Å²) in [5.74, 6) is 0.594. The maximum absolute atomic E-state index is 12.1. The highest BCUT2D eigenvalue weighted by molar-refractivity contribution is 6.04. The number of aromatic amines is 1. The lowest BCUT2D eigenvalue weighted by Crippen LogP contribution is -2.21. The second kappa shape index (κ2) is 6.13. The number of H-pyrrole nitrogens is 1. The first-order chi connectivity index (χ1) is 10.0. The molecular formula is C15H16N2O4. The summed E-state index contributed by atoms with van der Waals surface area (Å²) < 4.78 is 10.2. The van der Waals surface area contributed by atoms with Gasteiger partial charge in [0.1, 0.15) is 17.1 Å². The molecular weight excluding hydrogens is 272 g/mol. The zero-order valence-corrected chi connectivity index (χ0v) is 12.0. The van der Waals surface area contributed by atoms with Crippen LogP contribution in [0.1, 0.15) is 16.1 Å². The molecule has 0 atom stereocenters. The lowest BCUT2D eigenvalue weighted by atomic mass is 10.2. The Labute approximate surface area is 121 Å². The minimum absolute atomic E-state index is 0.0439. The fraction of sp³-hybridized carbons (Fsp3) is 0.200. The number of aryl methyl sites for hydroxylation is 1. The quantitative estimate of drug-likeness (QED) is 0.901. The van der Waals surface area contributed by atoms with Gasteiger partial charge in [-0.15, -0.1) is 0 Å². The molecule has 6 heteroatoms. The van der Waals surface area contributed by atoms with Crippen LogP contribution in [0.5, 0.6) is 11.5 Å². The number of carbonyl (C=O) groups is 1. The minimum atomic E-state index is -0.494. The van der Waals surface area contributed by atoms with Gasteiger partial charge in [-0.05, 0) is 6.92 Å². The van der Waals surface area contributed by atoms with Gasteiger partial charge in [0, 0.05) is 41.8 Å². The number of rotatable bonds is 4. The van der Waals surface area contributed by atoms with Crippen molar-refractivity contribution in [3.8, 4) is 11.5 Å². The fourth-order valence-corrected chi connectivity index (χ4v) is 1.83. The van der Waals surface area contributed by atoms with Gasteiger partial charge in [0.2, 0.25) is 0 Å². The van der Waals surface area contributed by atoms with E-state index in [1.807, 2.05) is 0 Å². The molecule has 0 aliphatic heterocycles. The molecule has 0 spiro atoms. The van der Waals surface area contributed by atoms with Crippen LogP contribution in [0, 0.1) is 6.92 Å². The zero-order chi connectivity index (χ0) is 15.4. The van der Waals surface area contributed by atoms with Gasteiger partial charge in [-0.3, -0.25) is 9.59 Å². The molecule has 1 heterocycles. The molecule has 1 aromatic carbocycles. The largest absolute Gasteiger partial charge is 0.497 e. The Morgan fingerprint density at radius 3 is 2.24 bits per heavy atom. The second-order valence-corrected chi connectivity index (χ2v) is 4.45. The average Bonchev–Trinajstić information content (AvgIpc) is 2.46. The summed E-state index contributed by atoms with van der Waals surface area (Å²) in [7, 11) is 3.04. The number of pyridine rings is 1. The van der Waals surface area contributed by atoms with E-state index in [9.17, 15) is 9.59 Å². The fourth-order valence-electron chi connectivity index (χ4n) is 1.83. The molecule has 21 heavy (non-hydrogen) atoms. The molecule has 0 fully saturated rings. The van der Waals surface area contributed by atoms with Gasteiger partial charge in [0.05, 0.1) is 14.2 Å². The third kappa shape index (κ3) is 3.42. The van der Waals surface area contributed by atoms with Crippen LogP contribution in [0.2, 0.25) is 0 Å². The molecule has 0 radical (unpaired) electrons. The molecule has 110 valence electrons. The number of amides is 1. The lowest BCUT2D eigenvalue weighted by Gasteiger charge is -2.09. The maximum Gasteiger partial charge on any atom is 0.261 e. The summed E-state index contributed by atoms with van der Waals surface area (Å²) in [5, 5.41) is 2.65. The van der Waals surface area contributed by atoms with E-state index in [-0.39, 0.29) is 11.0 Å². The van der Waals surface area contributed by atoms with Crippen molar-refractivity contribution in [2.75, 3.05) is 19.5 Å². The lowest BCUT2D eigenvalue weighted by molar-refractivity contribution is 0.102. The van der Waals surface area contributed by atoms with Crippen LogP contribution in [0.4, 0.5) is 5.69 Å². The van der Waals surface area contributed by atoms with E-state index in [1.165, 1.54) is 26.5 Å². The first-order valence-corrected chi connectivity index (χ1v) is 6.27. The molecule has 0 saturated heterocycles. The molecule has 0 bridgehead atoms. The van der Waals surface area contributed by atoms with Crippen LogP contribution in [-0.4, -0.2) is 25.1 Å². The predicted octanol–water partition coefficient (Wildman–Crippen LogP) is 1.95. The van der Waals surface area contributed by atoms with Crippen molar-refractivity contribution in [1.82, 2.24) is 4.98 Å². The minimum Gasteiger partial charge on any atom is -0.497 e. The molecule has 0 aliphatic rings. The number of benzene rings is 1. The highest BCUT2D eigenvalue weighted by Crippen LogP contribution is 2.25. The van der Waals surface area contributed by atoms with Crippen molar-refractivity contribution in [1.29, 1.82) is 0 Å². The van der Waals surface area contributed by atoms with Crippen molar-refractivity contribution < 1.29 is 14.3 Å². The van der Waals surface area contributed by atoms with E-state index in [0.29, 0.717) is 22.9 Å². The Morgan fingerprint density at radius 2 is 1.71 bits per heavy atom. The summed E-state index contributed by atoms with van der Waals surface area (Å²) >= 11 is 0. The number of hydrogen-bond acceptors (Lipinski definition) is 4. The summed E-state index contributed by atoms with van der Waals surface area (Å²) in [4.78, 5) is 26.8. The molecule has 2 rings (SSSR count). The molecule has 0 unspecified atom stereocenters. The van der Waals surface area contributed by atoms with Gasteiger partial charge in [0.25, 0.3) is 5.91 Å². The van der Waals surface area contributed by atoms with Gasteiger partial charge < -0.3 is 19.8 Å². The Bertz CT molecular complexity index is 700. The van der Waals surface area contributed by atoms with Crippen molar-refractivity contribution >= 4 is 11.6 Å². The number of hydrogen-bond donors (Lipinski definition) is 2. The summed E-state index contributed by atoms with van der Waals surface area (Å²) in [6.45, 7) is 1.75. The van der Waals surface area contributed by atoms with Crippen molar-refractivity contribution in [3.05, 3.63) is 51.9 Å². The van der Waals surface area contributed by atoms with Crippen LogP contribution < -0.4 is 20.2 Å². The van der Waals surface area contributed by atoms with E-state index < -0.39 is 5.91 Å². The zero-order valence-electron chi connectivity index (χ0n) is 12.0. The van der Waals surface area contributed by atoms with Crippen molar-refractivity contribution in [2.45, 2.75) is 6.92 Å². The Kier molecular flexibility index (Phi) is 4.27. The van der Waals surface area contributed by atoms with Crippen LogP contribution in [0.15, 0.2) is 35.3 Å². The molecule has 0 saturated carbocycles. The smallest absolute Gasteiger partial charge is 0.261 e. The molecule has 6 nitrogen and oxygen atoms in total. The standard InChI is InChI=1S/C15H16N2O4/c1-9-4-14(18)13(8-16-9)15(19)17-10-5-11(20-2)7-12(6-10)21-3/h4-8H,1-3H3,(H,16,18)(H,17,19). The molecule has 1 aromatic heterocycles. The van der Waals surface area contributed by atoms with Crippen LogP contribution in [-0.2, 0) is 0 Å². The van der Waals surface area contributed by atoms with E-state index in [4.69, 9.17) is 9.47 Å². The van der Waals surface area contributed by atoms with E-state index >= 15 is 0 Å². The summed E-state index contributed by atoms with van der Waals surface area (Å²) in [6.07, 6.45) is 1.39. The first kappa shape index (κ1) is 14.6. The van der Waals surface area contributed by atoms with Gasteiger partial charge in [-0.1, -0.05) is 0 Å². The molecule has 2 aromatic rings. The summed E-state index contributed by atoms with van der Waals surface area (Å²) in [6, 6.07) is 6.35. The molecule has 1 amide bonds. The number of ether oxygens (including phenoxy) is 2. The Morgan fingerprint density at radius 1 is 1.10 bits per heavy atom. The summed E-state index contributed by atoms with van der Waals surface area (Å²) in [5.41, 5.74) is 0.886. The maximum atomic E-state index is 12.1. The van der Waals surface area contributed by atoms with Crippen LogP contribution in [0.25, 0.3) is 0 Å². The van der Waals surface area contributed by atoms with Gasteiger partial charge in [-0.2, -0.15) is 0 Å². The van der Waals surface area contributed by atoms with Crippen molar-refractivity contribution in [2.24, 2.45) is 0 Å². The molecule has 2 N–H and O–H groups in total. The second-order valence-electron chi connectivity index (χ2n) is 4.45. The number of nitrogens with one attached hydrogen (secondary N) is 2. The van der Waals surface area contributed by atoms with Crippen molar-refractivity contribution in [3.63, 3.8) is 0 Å². The third-order valence-electron chi connectivity index (χ3n) is 2.91. The van der Waals surface area contributed by atoms with E-state index in [0.717, 1.165) is 0 Å². The van der Waals surface area contributed by atoms with E-state index in [1.54, 1.807) is 25.1 Å². The number of aromatic nitrogens is 1. The molecule has 0 aliphatic carbocycles. The Balaban J connectivity index is 2.28. The average molecular weight is 288 g/mol. The van der Waals surface area contributed by atoms with E-state index in [2.05, 4.69) is 10.3 Å². The highest BCUT2D eigenvalue weighted by Gasteiger charge is 2.12. The topological polar surface area (TPSA) is 80.4 Å². The van der Waals surface area contributed by atoms with Gasteiger partial charge in [0.15, 0.2) is 5.43 Å². The number of carbonyl (C=O) groups excluding carboxylic acids is 1. The number of anilines is 1. The first-order valence-electron chi connectivity index (χ1n) is 6.27. The Hall–Kier alpha value is -2.76. The predicted molar refractivity (Wildman–Crippen MR) is 79.3 cm³/mol. The highest BCUT2D eigenvalue weighted by atomic mass is 16.5. The van der Waals surface area contributed by atoms with Gasteiger partial charge in [-0.25, -0.2) is 0 Å². The normalized spacial score (nSPS) is 10.0. The third-order valence-corrected chi connectivity index (χ3v) is 2.91.